The molecule has 0 aliphatic carbocycles. The van der Waals surface area contributed by atoms with Crippen LogP contribution < -0.4 is 16.0 Å². The molecule has 0 saturated heterocycles. The Kier molecular flexibility index (Phi) is 5.83. The number of nitrogens with one attached hydrogen (secondary N) is 1. The second kappa shape index (κ2) is 7.40. The summed E-state index contributed by atoms with van der Waals surface area (Å²) in [5.41, 5.74) is 5.06. The van der Waals surface area contributed by atoms with Crippen molar-refractivity contribution >= 4 is 38.5 Å². The minimum absolute atomic E-state index is 0.0838. The average molecular weight is 447 g/mol. The van der Waals surface area contributed by atoms with E-state index in [0.29, 0.717) is 6.61 Å². The fourth-order valence-electron chi connectivity index (χ4n) is 2.05. The van der Waals surface area contributed by atoms with Gasteiger partial charge < -0.3 is 4.74 Å². The molecule has 3 nitrogen and oxygen atoms in total. The standard InChI is InChI=1S/C15H16BrIN2O/c1-2-20-12-5-3-4-10(8-12)15(19-18)13-9-11(17)6-7-14(13)16/h3-9,15,19H,2,18H2,1H3. The normalized spacial score (nSPS) is 12.2. The summed E-state index contributed by atoms with van der Waals surface area (Å²) in [6, 6.07) is 14.1. The van der Waals surface area contributed by atoms with Crippen LogP contribution in [-0.4, -0.2) is 6.61 Å². The molecule has 2 rings (SSSR count). The van der Waals surface area contributed by atoms with Gasteiger partial charge in [0.15, 0.2) is 0 Å². The Bertz CT molecular complexity index is 592. The second-order valence-electron chi connectivity index (χ2n) is 4.27. The van der Waals surface area contributed by atoms with Crippen molar-refractivity contribution in [3.05, 3.63) is 61.6 Å². The maximum Gasteiger partial charge on any atom is 0.119 e. The van der Waals surface area contributed by atoms with E-state index in [0.717, 1.165) is 21.3 Å². The number of hydrogen-bond donors (Lipinski definition) is 2. The number of benzene rings is 2. The monoisotopic (exact) mass is 446 g/mol. The van der Waals surface area contributed by atoms with Crippen LogP contribution in [0.15, 0.2) is 46.9 Å². The maximum absolute atomic E-state index is 5.77. The first-order valence-corrected chi connectivity index (χ1v) is 8.16. The molecule has 0 aromatic heterocycles. The lowest BCUT2D eigenvalue weighted by atomic mass is 9.99. The van der Waals surface area contributed by atoms with E-state index in [1.807, 2.05) is 37.3 Å². The third kappa shape index (κ3) is 3.72. The van der Waals surface area contributed by atoms with E-state index in [1.165, 1.54) is 3.57 Å². The first-order valence-electron chi connectivity index (χ1n) is 6.29. The topological polar surface area (TPSA) is 47.3 Å². The summed E-state index contributed by atoms with van der Waals surface area (Å²) in [6.45, 7) is 2.62. The largest absolute Gasteiger partial charge is 0.494 e. The highest BCUT2D eigenvalue weighted by Gasteiger charge is 2.16. The molecular formula is C15H16BrIN2O. The first-order chi connectivity index (χ1) is 9.65. The number of hydrogen-bond acceptors (Lipinski definition) is 3. The smallest absolute Gasteiger partial charge is 0.119 e. The molecule has 0 bridgehead atoms. The SMILES string of the molecule is CCOc1cccc(C(NN)c2cc(I)ccc2Br)c1. The van der Waals surface area contributed by atoms with Crippen molar-refractivity contribution in [2.24, 2.45) is 5.84 Å². The van der Waals surface area contributed by atoms with Gasteiger partial charge in [0, 0.05) is 8.04 Å². The summed E-state index contributed by atoms with van der Waals surface area (Å²) in [5, 5.41) is 0. The highest BCUT2D eigenvalue weighted by atomic mass is 127. The van der Waals surface area contributed by atoms with Crippen LogP contribution in [0.5, 0.6) is 5.75 Å². The molecule has 0 fully saturated rings. The van der Waals surface area contributed by atoms with Gasteiger partial charge in [-0.1, -0.05) is 28.1 Å². The number of halogens is 2. The Labute approximate surface area is 141 Å². The number of hydrazine groups is 1. The molecule has 106 valence electrons. The summed E-state index contributed by atoms with van der Waals surface area (Å²) in [7, 11) is 0. The van der Waals surface area contributed by atoms with E-state index >= 15 is 0 Å². The fraction of sp³-hybridized carbons (Fsp3) is 0.200. The lowest BCUT2D eigenvalue weighted by molar-refractivity contribution is 0.339. The molecule has 2 aromatic rings. The molecule has 5 heteroatoms. The molecular weight excluding hydrogens is 431 g/mol. The molecule has 0 aliphatic rings. The Morgan fingerprint density at radius 1 is 1.30 bits per heavy atom. The minimum atomic E-state index is -0.0838. The van der Waals surface area contributed by atoms with Crippen molar-refractivity contribution in [1.82, 2.24) is 5.43 Å². The molecule has 0 amide bonds. The Morgan fingerprint density at radius 3 is 2.80 bits per heavy atom. The summed E-state index contributed by atoms with van der Waals surface area (Å²) < 4.78 is 7.75. The van der Waals surface area contributed by atoms with Crippen LogP contribution >= 0.6 is 38.5 Å². The average Bonchev–Trinajstić information content (AvgIpc) is 2.44. The van der Waals surface area contributed by atoms with Crippen LogP contribution in [-0.2, 0) is 0 Å². The number of rotatable bonds is 5. The highest BCUT2D eigenvalue weighted by molar-refractivity contribution is 14.1. The lowest BCUT2D eigenvalue weighted by Crippen LogP contribution is -2.29. The van der Waals surface area contributed by atoms with Gasteiger partial charge in [-0.2, -0.15) is 0 Å². The Balaban J connectivity index is 2.41. The Hall–Kier alpha value is -0.630. The molecule has 3 N–H and O–H groups in total. The quantitative estimate of drug-likeness (QED) is 0.414. The molecule has 2 aromatic carbocycles. The Morgan fingerprint density at radius 2 is 2.10 bits per heavy atom. The molecule has 1 unspecified atom stereocenters. The van der Waals surface area contributed by atoms with E-state index in [1.54, 1.807) is 0 Å². The van der Waals surface area contributed by atoms with Gasteiger partial charge >= 0.3 is 0 Å². The molecule has 0 heterocycles. The summed E-state index contributed by atoms with van der Waals surface area (Å²) in [4.78, 5) is 0. The van der Waals surface area contributed by atoms with Gasteiger partial charge in [-0.15, -0.1) is 0 Å². The number of nitrogens with two attached hydrogens (primary N) is 1. The van der Waals surface area contributed by atoms with Crippen molar-refractivity contribution in [3.8, 4) is 5.75 Å². The van der Waals surface area contributed by atoms with Crippen molar-refractivity contribution in [2.45, 2.75) is 13.0 Å². The van der Waals surface area contributed by atoms with Gasteiger partial charge in [0.05, 0.1) is 12.6 Å². The molecule has 20 heavy (non-hydrogen) atoms. The van der Waals surface area contributed by atoms with E-state index in [4.69, 9.17) is 10.6 Å². The van der Waals surface area contributed by atoms with E-state index in [9.17, 15) is 0 Å². The van der Waals surface area contributed by atoms with Gasteiger partial charge in [-0.25, -0.2) is 5.43 Å². The van der Waals surface area contributed by atoms with Crippen LogP contribution in [0.3, 0.4) is 0 Å². The van der Waals surface area contributed by atoms with Crippen LogP contribution in [0, 0.1) is 3.57 Å². The highest BCUT2D eigenvalue weighted by Crippen LogP contribution is 2.31. The lowest BCUT2D eigenvalue weighted by Gasteiger charge is -2.19. The zero-order chi connectivity index (χ0) is 14.5. The summed E-state index contributed by atoms with van der Waals surface area (Å²) in [6.07, 6.45) is 0. The third-order valence-corrected chi connectivity index (χ3v) is 4.33. The molecule has 0 spiro atoms. The zero-order valence-corrected chi connectivity index (χ0v) is 14.8. The summed E-state index contributed by atoms with van der Waals surface area (Å²) >= 11 is 5.89. The predicted molar refractivity (Wildman–Crippen MR) is 93.6 cm³/mol. The molecule has 0 aliphatic heterocycles. The van der Waals surface area contributed by atoms with E-state index in [-0.39, 0.29) is 6.04 Å². The van der Waals surface area contributed by atoms with Gasteiger partial charge in [0.1, 0.15) is 5.75 Å². The van der Waals surface area contributed by atoms with Crippen LogP contribution in [0.2, 0.25) is 0 Å². The molecule has 1 atom stereocenters. The minimum Gasteiger partial charge on any atom is -0.494 e. The molecule has 0 saturated carbocycles. The van der Waals surface area contributed by atoms with E-state index < -0.39 is 0 Å². The van der Waals surface area contributed by atoms with Crippen LogP contribution in [0.25, 0.3) is 0 Å². The fourth-order valence-corrected chi connectivity index (χ4v) is 3.04. The third-order valence-electron chi connectivity index (χ3n) is 2.94. The van der Waals surface area contributed by atoms with Gasteiger partial charge in [0.25, 0.3) is 0 Å². The van der Waals surface area contributed by atoms with Crippen molar-refractivity contribution in [2.75, 3.05) is 6.61 Å². The van der Waals surface area contributed by atoms with Crippen LogP contribution in [0.1, 0.15) is 24.1 Å². The van der Waals surface area contributed by atoms with Crippen molar-refractivity contribution in [3.63, 3.8) is 0 Å². The zero-order valence-electron chi connectivity index (χ0n) is 11.1. The van der Waals surface area contributed by atoms with E-state index in [2.05, 4.69) is 56.1 Å². The van der Waals surface area contributed by atoms with Crippen LogP contribution in [0.4, 0.5) is 0 Å². The van der Waals surface area contributed by atoms with Crippen molar-refractivity contribution < 1.29 is 4.74 Å². The molecule has 0 radical (unpaired) electrons. The van der Waals surface area contributed by atoms with Gasteiger partial charge in [-0.3, -0.25) is 5.84 Å². The maximum atomic E-state index is 5.77. The summed E-state index contributed by atoms with van der Waals surface area (Å²) in [5.74, 6) is 6.62. The first kappa shape index (κ1) is 15.8. The van der Waals surface area contributed by atoms with Gasteiger partial charge in [-0.05, 0) is 71.0 Å². The predicted octanol–water partition coefficient (Wildman–Crippen LogP) is 4.01. The second-order valence-corrected chi connectivity index (χ2v) is 6.37. The van der Waals surface area contributed by atoms with Gasteiger partial charge in [0.2, 0.25) is 0 Å². The van der Waals surface area contributed by atoms with Crippen molar-refractivity contribution in [1.29, 1.82) is 0 Å². The number of ether oxygens (including phenoxy) is 1.